The Labute approximate surface area is 184 Å². The molecule has 158 valence electrons. The smallest absolute Gasteiger partial charge is 0.283 e. The number of carbonyl (C=O) groups is 2. The fraction of sp³-hybridized carbons (Fsp3) is 0.261. The number of thioether (sulfide) groups is 1. The van der Waals surface area contributed by atoms with Crippen LogP contribution in [0.15, 0.2) is 53.2 Å². The maximum absolute atomic E-state index is 13.2. The number of hydrogen-bond acceptors (Lipinski definition) is 6. The summed E-state index contributed by atoms with van der Waals surface area (Å²) < 4.78 is 10.8. The number of amidine groups is 1. The van der Waals surface area contributed by atoms with Gasteiger partial charge in [0.2, 0.25) is 12.7 Å². The Morgan fingerprint density at radius 1 is 1.19 bits per heavy atom. The molecule has 0 radical (unpaired) electrons. The van der Waals surface area contributed by atoms with Crippen molar-refractivity contribution in [2.75, 3.05) is 17.4 Å². The molecule has 8 heteroatoms. The minimum Gasteiger partial charge on any atom is -0.454 e. The van der Waals surface area contributed by atoms with E-state index in [-0.39, 0.29) is 24.4 Å². The lowest BCUT2D eigenvalue weighted by atomic mass is 10.1. The summed E-state index contributed by atoms with van der Waals surface area (Å²) in [4.78, 5) is 31.5. The molecule has 1 saturated carbocycles. The summed E-state index contributed by atoms with van der Waals surface area (Å²) in [5, 5.41) is 3.46. The monoisotopic (exact) mass is 435 g/mol. The van der Waals surface area contributed by atoms with Crippen molar-refractivity contribution in [2.45, 2.75) is 25.8 Å². The van der Waals surface area contributed by atoms with E-state index in [2.05, 4.69) is 10.3 Å². The van der Waals surface area contributed by atoms with Crippen molar-refractivity contribution >= 4 is 40.5 Å². The molecule has 0 unspecified atom stereocenters. The third-order valence-electron chi connectivity index (χ3n) is 5.10. The first-order valence-electron chi connectivity index (χ1n) is 10.1. The van der Waals surface area contributed by atoms with Gasteiger partial charge in [-0.15, -0.1) is 0 Å². The first-order chi connectivity index (χ1) is 15.1. The lowest BCUT2D eigenvalue weighted by Gasteiger charge is -2.18. The number of amides is 2. The number of aryl methyl sites for hydroxylation is 1. The number of ether oxygens (including phenoxy) is 2. The number of fused-ring (bicyclic) bond motifs is 1. The quantitative estimate of drug-likeness (QED) is 0.728. The van der Waals surface area contributed by atoms with Crippen molar-refractivity contribution in [1.29, 1.82) is 0 Å². The van der Waals surface area contributed by atoms with E-state index in [1.807, 2.05) is 49.4 Å². The molecule has 1 fully saturated rings. The summed E-state index contributed by atoms with van der Waals surface area (Å²) >= 11 is 1.26. The van der Waals surface area contributed by atoms with Gasteiger partial charge < -0.3 is 14.8 Å². The summed E-state index contributed by atoms with van der Waals surface area (Å²) in [6.45, 7) is 2.18. The largest absolute Gasteiger partial charge is 0.454 e. The van der Waals surface area contributed by atoms with E-state index in [9.17, 15) is 9.59 Å². The fourth-order valence-electron chi connectivity index (χ4n) is 3.30. The van der Waals surface area contributed by atoms with E-state index in [1.165, 1.54) is 11.8 Å². The van der Waals surface area contributed by atoms with Gasteiger partial charge in [0.15, 0.2) is 16.7 Å². The van der Waals surface area contributed by atoms with Gasteiger partial charge in [0.05, 0.1) is 11.4 Å². The van der Waals surface area contributed by atoms with Gasteiger partial charge in [-0.3, -0.25) is 14.5 Å². The molecule has 3 aliphatic rings. The van der Waals surface area contributed by atoms with Crippen LogP contribution in [0.2, 0.25) is 0 Å². The van der Waals surface area contributed by atoms with Crippen LogP contribution in [0, 0.1) is 6.92 Å². The molecule has 31 heavy (non-hydrogen) atoms. The van der Waals surface area contributed by atoms with Crippen molar-refractivity contribution < 1.29 is 19.1 Å². The lowest BCUT2D eigenvalue weighted by molar-refractivity contribution is -0.118. The highest BCUT2D eigenvalue weighted by atomic mass is 32.2. The van der Waals surface area contributed by atoms with E-state index in [1.54, 1.807) is 11.0 Å². The molecule has 5 rings (SSSR count). The van der Waals surface area contributed by atoms with Gasteiger partial charge in [-0.05, 0) is 55.7 Å². The van der Waals surface area contributed by atoms with E-state index in [0.717, 1.165) is 29.7 Å². The first-order valence-corrected chi connectivity index (χ1v) is 11.1. The van der Waals surface area contributed by atoms with Crippen LogP contribution in [-0.2, 0) is 9.59 Å². The molecule has 0 saturated heterocycles. The number of carbonyl (C=O) groups excluding carboxylic acids is 2. The summed E-state index contributed by atoms with van der Waals surface area (Å²) in [5.74, 6) is 1.27. The molecule has 0 atom stereocenters. The number of rotatable bonds is 5. The normalized spacial score (nSPS) is 18.5. The lowest BCUT2D eigenvalue weighted by Crippen LogP contribution is -2.32. The number of hydrogen-bond donors (Lipinski definition) is 1. The molecule has 2 heterocycles. The molecule has 2 amide bonds. The van der Waals surface area contributed by atoms with Gasteiger partial charge in [0.1, 0.15) is 5.70 Å². The molecule has 0 aromatic heterocycles. The van der Waals surface area contributed by atoms with Gasteiger partial charge in [-0.1, -0.05) is 35.5 Å². The van der Waals surface area contributed by atoms with Crippen LogP contribution in [0.1, 0.15) is 24.0 Å². The minimum atomic E-state index is -0.230. The number of benzene rings is 2. The Hall–Kier alpha value is -3.26. The molecule has 2 aromatic rings. The second-order valence-corrected chi connectivity index (χ2v) is 8.59. The fourth-order valence-corrected chi connectivity index (χ4v) is 4.13. The SMILES string of the molecule is Cc1ccc(N2C(=O)/C(=C\c3ccc4c(c3)OCO4)N=C2SCC(=O)NC2CC2)cc1. The second-order valence-electron chi connectivity index (χ2n) is 7.64. The highest BCUT2D eigenvalue weighted by molar-refractivity contribution is 8.14. The van der Waals surface area contributed by atoms with Crippen molar-refractivity contribution in [3.63, 3.8) is 0 Å². The van der Waals surface area contributed by atoms with E-state index in [4.69, 9.17) is 9.47 Å². The van der Waals surface area contributed by atoms with E-state index >= 15 is 0 Å². The van der Waals surface area contributed by atoms with Crippen LogP contribution < -0.4 is 19.7 Å². The zero-order valence-electron chi connectivity index (χ0n) is 17.0. The molecule has 1 aliphatic carbocycles. The maximum Gasteiger partial charge on any atom is 0.283 e. The van der Waals surface area contributed by atoms with E-state index in [0.29, 0.717) is 28.4 Å². The summed E-state index contributed by atoms with van der Waals surface area (Å²) in [7, 11) is 0. The van der Waals surface area contributed by atoms with Gasteiger partial charge in [-0.25, -0.2) is 4.99 Å². The van der Waals surface area contributed by atoms with Gasteiger partial charge in [0.25, 0.3) is 5.91 Å². The van der Waals surface area contributed by atoms with E-state index < -0.39 is 0 Å². The predicted molar refractivity (Wildman–Crippen MR) is 120 cm³/mol. The minimum absolute atomic E-state index is 0.0419. The Bertz CT molecular complexity index is 1110. The number of nitrogens with zero attached hydrogens (tertiary/aromatic N) is 2. The molecule has 2 aliphatic heterocycles. The van der Waals surface area contributed by atoms with Crippen LogP contribution in [-0.4, -0.2) is 35.6 Å². The molecule has 0 spiro atoms. The predicted octanol–water partition coefficient (Wildman–Crippen LogP) is 3.48. The van der Waals surface area contributed by atoms with Crippen LogP contribution in [0.4, 0.5) is 5.69 Å². The van der Waals surface area contributed by atoms with Crippen LogP contribution in [0.3, 0.4) is 0 Å². The van der Waals surface area contributed by atoms with Crippen molar-refractivity contribution in [2.24, 2.45) is 4.99 Å². The highest BCUT2D eigenvalue weighted by Gasteiger charge is 2.33. The van der Waals surface area contributed by atoms with Crippen LogP contribution >= 0.6 is 11.8 Å². The summed E-state index contributed by atoms with van der Waals surface area (Å²) in [6, 6.07) is 13.5. The average Bonchev–Trinajstić information content (AvgIpc) is 3.35. The molecule has 1 N–H and O–H groups in total. The molecular weight excluding hydrogens is 414 g/mol. The number of anilines is 1. The Kier molecular flexibility index (Phi) is 5.15. The maximum atomic E-state index is 13.2. The number of aliphatic imine (C=N–C) groups is 1. The number of nitrogens with one attached hydrogen (secondary N) is 1. The Morgan fingerprint density at radius 2 is 1.97 bits per heavy atom. The van der Waals surface area contributed by atoms with Gasteiger partial charge in [-0.2, -0.15) is 0 Å². The first kappa shape index (κ1) is 19.7. The van der Waals surface area contributed by atoms with Gasteiger partial charge in [0, 0.05) is 6.04 Å². The molecule has 2 aromatic carbocycles. The average molecular weight is 436 g/mol. The third-order valence-corrected chi connectivity index (χ3v) is 6.04. The molecule has 0 bridgehead atoms. The molecular formula is C23H21N3O4S. The second kappa shape index (κ2) is 8.11. The van der Waals surface area contributed by atoms with Crippen molar-refractivity contribution in [1.82, 2.24) is 5.32 Å². The van der Waals surface area contributed by atoms with Crippen LogP contribution in [0.5, 0.6) is 11.5 Å². The zero-order chi connectivity index (χ0) is 21.4. The van der Waals surface area contributed by atoms with Crippen LogP contribution in [0.25, 0.3) is 6.08 Å². The Morgan fingerprint density at radius 3 is 2.74 bits per heavy atom. The topological polar surface area (TPSA) is 80.2 Å². The summed E-state index contributed by atoms with van der Waals surface area (Å²) in [5.41, 5.74) is 2.92. The zero-order valence-corrected chi connectivity index (χ0v) is 17.8. The standard InChI is InChI=1S/C23H21N3O4S/c1-14-2-7-17(8-3-14)26-22(28)18(10-15-4-9-19-20(11-15)30-13-29-19)25-23(26)31-12-21(27)24-16-5-6-16/h2-4,7-11,16H,5-6,12-13H2,1H3,(H,24,27)/b18-10+. The molecule has 7 nitrogen and oxygen atoms in total. The summed E-state index contributed by atoms with van der Waals surface area (Å²) in [6.07, 6.45) is 3.80. The van der Waals surface area contributed by atoms with Gasteiger partial charge >= 0.3 is 0 Å². The highest BCUT2D eigenvalue weighted by Crippen LogP contribution is 2.34. The van der Waals surface area contributed by atoms with Crippen molar-refractivity contribution in [3.05, 3.63) is 59.3 Å². The Balaban J connectivity index is 1.42. The third kappa shape index (κ3) is 4.29. The van der Waals surface area contributed by atoms with Crippen molar-refractivity contribution in [3.8, 4) is 11.5 Å².